The SMILES string of the molecule is O=C(Nc1ccc(Cl)c(F)c1)OC1CN2CCC1CC2. The summed E-state index contributed by atoms with van der Waals surface area (Å²) >= 11 is 5.59. The van der Waals surface area contributed by atoms with Gasteiger partial charge in [-0.05, 0) is 50.0 Å². The third-order valence-electron chi connectivity index (χ3n) is 4.02. The fourth-order valence-corrected chi connectivity index (χ4v) is 3.02. The maximum absolute atomic E-state index is 13.3. The van der Waals surface area contributed by atoms with E-state index in [1.807, 2.05) is 0 Å². The molecule has 3 fully saturated rings. The Balaban J connectivity index is 1.58. The Bertz CT molecular complexity index is 518. The number of amides is 1. The van der Waals surface area contributed by atoms with Gasteiger partial charge in [-0.1, -0.05) is 11.6 Å². The molecule has 0 radical (unpaired) electrons. The summed E-state index contributed by atoms with van der Waals surface area (Å²) in [6, 6.07) is 4.13. The fraction of sp³-hybridized carbons (Fsp3) is 0.500. The molecule has 1 unspecified atom stereocenters. The fourth-order valence-electron chi connectivity index (χ4n) is 2.90. The molecule has 1 amide bonds. The van der Waals surface area contributed by atoms with E-state index in [2.05, 4.69) is 10.2 Å². The lowest BCUT2D eigenvalue weighted by molar-refractivity contribution is -0.0289. The largest absolute Gasteiger partial charge is 0.444 e. The van der Waals surface area contributed by atoms with Crippen molar-refractivity contribution in [3.8, 4) is 0 Å². The van der Waals surface area contributed by atoms with Crippen LogP contribution in [0, 0.1) is 11.7 Å². The Morgan fingerprint density at radius 1 is 1.40 bits per heavy atom. The predicted molar refractivity (Wildman–Crippen MR) is 74.5 cm³/mol. The van der Waals surface area contributed by atoms with Crippen LogP contribution >= 0.6 is 11.6 Å². The number of hydrogen-bond donors (Lipinski definition) is 1. The highest BCUT2D eigenvalue weighted by Gasteiger charge is 2.36. The van der Waals surface area contributed by atoms with Gasteiger partial charge in [0.05, 0.1) is 5.02 Å². The highest BCUT2D eigenvalue weighted by atomic mass is 35.5. The first-order valence-corrected chi connectivity index (χ1v) is 7.14. The molecular formula is C14H16ClFN2O2. The average Bonchev–Trinajstić information content (AvgIpc) is 2.44. The van der Waals surface area contributed by atoms with Crippen LogP contribution in [0.15, 0.2) is 18.2 Å². The molecule has 20 heavy (non-hydrogen) atoms. The number of rotatable bonds is 2. The average molecular weight is 299 g/mol. The molecule has 3 saturated heterocycles. The summed E-state index contributed by atoms with van der Waals surface area (Å²) in [5.74, 6) is -0.111. The van der Waals surface area contributed by atoms with Crippen molar-refractivity contribution in [1.29, 1.82) is 0 Å². The van der Waals surface area contributed by atoms with Gasteiger partial charge in [-0.25, -0.2) is 9.18 Å². The molecule has 0 saturated carbocycles. The smallest absolute Gasteiger partial charge is 0.411 e. The highest BCUT2D eigenvalue weighted by Crippen LogP contribution is 2.29. The molecule has 1 aromatic rings. The number of carbonyl (C=O) groups is 1. The lowest BCUT2D eigenvalue weighted by Crippen LogP contribution is -2.52. The maximum atomic E-state index is 13.3. The van der Waals surface area contributed by atoms with E-state index in [-0.39, 0.29) is 11.1 Å². The molecule has 1 N–H and O–H groups in total. The number of fused-ring (bicyclic) bond motifs is 3. The summed E-state index contributed by atoms with van der Waals surface area (Å²) in [5.41, 5.74) is 0.346. The molecule has 0 spiro atoms. The Kier molecular flexibility index (Phi) is 3.81. The van der Waals surface area contributed by atoms with Crippen molar-refractivity contribution in [2.24, 2.45) is 5.92 Å². The first kappa shape index (κ1) is 13.6. The van der Waals surface area contributed by atoms with Gasteiger partial charge in [0.25, 0.3) is 0 Å². The Morgan fingerprint density at radius 3 is 2.75 bits per heavy atom. The topological polar surface area (TPSA) is 41.6 Å². The van der Waals surface area contributed by atoms with Crippen molar-refractivity contribution in [2.45, 2.75) is 18.9 Å². The summed E-state index contributed by atoms with van der Waals surface area (Å²) in [4.78, 5) is 14.2. The van der Waals surface area contributed by atoms with Crippen LogP contribution in [0.4, 0.5) is 14.9 Å². The molecule has 2 bridgehead atoms. The van der Waals surface area contributed by atoms with Gasteiger partial charge in [0.15, 0.2) is 0 Å². The molecule has 4 nitrogen and oxygen atoms in total. The third kappa shape index (κ3) is 2.88. The molecule has 3 aliphatic heterocycles. The summed E-state index contributed by atoms with van der Waals surface area (Å²) in [6.45, 7) is 2.98. The van der Waals surface area contributed by atoms with E-state index in [9.17, 15) is 9.18 Å². The summed E-state index contributed by atoms with van der Waals surface area (Å²) < 4.78 is 18.7. The quantitative estimate of drug-likeness (QED) is 0.912. The molecule has 108 valence electrons. The van der Waals surface area contributed by atoms with Crippen LogP contribution in [0.25, 0.3) is 0 Å². The molecule has 0 aliphatic carbocycles. The second-order valence-electron chi connectivity index (χ2n) is 5.34. The monoisotopic (exact) mass is 298 g/mol. The standard InChI is InChI=1S/C14H16ClFN2O2/c15-11-2-1-10(7-12(11)16)17-14(19)20-13-8-18-5-3-9(13)4-6-18/h1-2,7,9,13H,3-6,8H2,(H,17,19). The van der Waals surface area contributed by atoms with Crippen LogP contribution in [0.3, 0.4) is 0 Å². The van der Waals surface area contributed by atoms with Crippen molar-refractivity contribution in [2.75, 3.05) is 25.0 Å². The van der Waals surface area contributed by atoms with Crippen LogP contribution in [0.1, 0.15) is 12.8 Å². The zero-order valence-corrected chi connectivity index (χ0v) is 11.7. The summed E-state index contributed by atoms with van der Waals surface area (Å²) in [5, 5.41) is 2.57. The summed E-state index contributed by atoms with van der Waals surface area (Å²) in [7, 11) is 0. The van der Waals surface area contributed by atoms with Crippen LogP contribution in [0.2, 0.25) is 5.02 Å². The Morgan fingerprint density at radius 2 is 2.15 bits per heavy atom. The minimum Gasteiger partial charge on any atom is -0.444 e. The normalized spacial score (nSPS) is 28.2. The zero-order valence-electron chi connectivity index (χ0n) is 10.9. The van der Waals surface area contributed by atoms with Gasteiger partial charge in [0, 0.05) is 12.2 Å². The first-order chi connectivity index (χ1) is 9.61. The molecule has 0 aromatic heterocycles. The Labute approximate surface area is 121 Å². The van der Waals surface area contributed by atoms with Gasteiger partial charge in [0.1, 0.15) is 11.9 Å². The van der Waals surface area contributed by atoms with Gasteiger partial charge in [-0.15, -0.1) is 0 Å². The number of nitrogens with one attached hydrogen (secondary N) is 1. The van der Waals surface area contributed by atoms with Gasteiger partial charge in [-0.2, -0.15) is 0 Å². The maximum Gasteiger partial charge on any atom is 0.411 e. The van der Waals surface area contributed by atoms with Gasteiger partial charge in [0.2, 0.25) is 0 Å². The van der Waals surface area contributed by atoms with E-state index in [0.717, 1.165) is 32.5 Å². The predicted octanol–water partition coefficient (Wildman–Crippen LogP) is 3.12. The number of anilines is 1. The van der Waals surface area contributed by atoms with Crippen molar-refractivity contribution < 1.29 is 13.9 Å². The van der Waals surface area contributed by atoms with E-state index in [1.54, 1.807) is 6.07 Å². The summed E-state index contributed by atoms with van der Waals surface area (Å²) in [6.07, 6.45) is 1.56. The van der Waals surface area contributed by atoms with E-state index in [4.69, 9.17) is 16.3 Å². The van der Waals surface area contributed by atoms with E-state index < -0.39 is 11.9 Å². The van der Waals surface area contributed by atoms with Crippen LogP contribution in [-0.4, -0.2) is 36.7 Å². The van der Waals surface area contributed by atoms with Crippen molar-refractivity contribution in [3.05, 3.63) is 29.0 Å². The van der Waals surface area contributed by atoms with E-state index in [1.165, 1.54) is 12.1 Å². The van der Waals surface area contributed by atoms with Crippen molar-refractivity contribution >= 4 is 23.4 Å². The minimum absolute atomic E-state index is 0.0290. The second-order valence-corrected chi connectivity index (χ2v) is 5.74. The van der Waals surface area contributed by atoms with Crippen LogP contribution in [0.5, 0.6) is 0 Å². The molecule has 1 aromatic carbocycles. The lowest BCUT2D eigenvalue weighted by atomic mass is 9.86. The van der Waals surface area contributed by atoms with Crippen LogP contribution < -0.4 is 5.32 Å². The van der Waals surface area contributed by atoms with Gasteiger partial charge in [-0.3, -0.25) is 10.2 Å². The molecule has 3 heterocycles. The number of ether oxygens (including phenoxy) is 1. The van der Waals surface area contributed by atoms with E-state index >= 15 is 0 Å². The number of nitrogens with zero attached hydrogens (tertiary/aromatic N) is 1. The number of halogens is 2. The Hall–Kier alpha value is -1.33. The molecule has 3 aliphatic rings. The lowest BCUT2D eigenvalue weighted by Gasteiger charge is -2.43. The van der Waals surface area contributed by atoms with Gasteiger partial charge >= 0.3 is 6.09 Å². The number of hydrogen-bond acceptors (Lipinski definition) is 3. The van der Waals surface area contributed by atoms with Gasteiger partial charge < -0.3 is 4.74 Å². The number of piperidine rings is 3. The molecule has 1 atom stereocenters. The highest BCUT2D eigenvalue weighted by molar-refractivity contribution is 6.30. The van der Waals surface area contributed by atoms with E-state index in [0.29, 0.717) is 11.6 Å². The second kappa shape index (κ2) is 5.58. The van der Waals surface area contributed by atoms with Crippen LogP contribution in [-0.2, 0) is 4.74 Å². The number of benzene rings is 1. The van der Waals surface area contributed by atoms with Crippen molar-refractivity contribution in [1.82, 2.24) is 4.90 Å². The molecule has 4 rings (SSSR count). The molecular weight excluding hydrogens is 283 g/mol. The molecule has 6 heteroatoms. The number of carbonyl (C=O) groups excluding carboxylic acids is 1. The first-order valence-electron chi connectivity index (χ1n) is 6.77. The third-order valence-corrected chi connectivity index (χ3v) is 4.33. The minimum atomic E-state index is -0.563. The van der Waals surface area contributed by atoms with Crippen molar-refractivity contribution in [3.63, 3.8) is 0 Å². The zero-order chi connectivity index (χ0) is 14.1.